The van der Waals surface area contributed by atoms with Crippen LogP contribution in [0.25, 0.3) is 11.0 Å². The maximum Gasteiger partial charge on any atom is 0.134 e. The lowest BCUT2D eigenvalue weighted by Gasteiger charge is -2.08. The Morgan fingerprint density at radius 2 is 1.58 bits per heavy atom. The van der Waals surface area contributed by atoms with Crippen LogP contribution in [0.15, 0.2) is 52.9 Å². The highest BCUT2D eigenvalue weighted by Gasteiger charge is 2.14. The molecule has 3 aromatic rings. The van der Waals surface area contributed by atoms with E-state index in [1.54, 1.807) is 6.07 Å². The lowest BCUT2D eigenvalue weighted by atomic mass is 10.1. The van der Waals surface area contributed by atoms with Gasteiger partial charge in [0, 0.05) is 15.4 Å². The normalized spacial score (nSPS) is 12.8. The molecule has 0 spiro atoms. The first-order valence-electron chi connectivity index (χ1n) is 5.83. The summed E-state index contributed by atoms with van der Waals surface area (Å²) in [5, 5.41) is 2.32. The number of fused-ring (bicyclic) bond motifs is 1. The lowest BCUT2D eigenvalue weighted by Crippen LogP contribution is -2.10. The molecule has 1 unspecified atom stereocenters. The van der Waals surface area contributed by atoms with Gasteiger partial charge in [-0.1, -0.05) is 35.3 Å². The van der Waals surface area contributed by atoms with Crippen LogP contribution in [0.5, 0.6) is 0 Å². The first-order valence-corrected chi connectivity index (χ1v) is 6.59. The molecule has 4 heteroatoms. The SMILES string of the molecule is NC(c1ccc(Cl)cc1)c1cc2cc(Cl)ccc2o1. The Morgan fingerprint density at radius 3 is 2.32 bits per heavy atom. The van der Waals surface area contributed by atoms with E-state index in [1.165, 1.54) is 0 Å². The van der Waals surface area contributed by atoms with Crippen molar-refractivity contribution in [1.82, 2.24) is 0 Å². The maximum atomic E-state index is 6.20. The molecule has 0 aliphatic heterocycles. The molecule has 0 aliphatic carbocycles. The minimum Gasteiger partial charge on any atom is -0.459 e. The van der Waals surface area contributed by atoms with Crippen molar-refractivity contribution in [2.45, 2.75) is 6.04 Å². The summed E-state index contributed by atoms with van der Waals surface area (Å²) in [5.74, 6) is 0.708. The fourth-order valence-corrected chi connectivity index (χ4v) is 2.33. The van der Waals surface area contributed by atoms with Crippen LogP contribution < -0.4 is 5.73 Å². The van der Waals surface area contributed by atoms with Gasteiger partial charge in [0.1, 0.15) is 11.3 Å². The zero-order valence-corrected chi connectivity index (χ0v) is 11.4. The van der Waals surface area contributed by atoms with Crippen molar-refractivity contribution in [3.05, 3.63) is 69.9 Å². The summed E-state index contributed by atoms with van der Waals surface area (Å²) >= 11 is 11.8. The molecule has 2 nitrogen and oxygen atoms in total. The van der Waals surface area contributed by atoms with Crippen LogP contribution >= 0.6 is 23.2 Å². The topological polar surface area (TPSA) is 39.2 Å². The third-order valence-corrected chi connectivity index (χ3v) is 3.52. The summed E-state index contributed by atoms with van der Waals surface area (Å²) in [6, 6.07) is 14.5. The summed E-state index contributed by atoms with van der Waals surface area (Å²) in [4.78, 5) is 0. The number of benzene rings is 2. The van der Waals surface area contributed by atoms with Crippen molar-refractivity contribution in [3.63, 3.8) is 0 Å². The van der Waals surface area contributed by atoms with Crippen LogP contribution in [0.1, 0.15) is 17.4 Å². The number of hydrogen-bond acceptors (Lipinski definition) is 2. The van der Waals surface area contributed by atoms with Gasteiger partial charge in [-0.15, -0.1) is 0 Å². The second-order valence-electron chi connectivity index (χ2n) is 4.36. The first kappa shape index (κ1) is 12.5. The van der Waals surface area contributed by atoms with Gasteiger partial charge in [0.2, 0.25) is 0 Å². The number of furan rings is 1. The highest BCUT2D eigenvalue weighted by Crippen LogP contribution is 2.28. The van der Waals surface area contributed by atoms with E-state index in [4.69, 9.17) is 33.4 Å². The van der Waals surface area contributed by atoms with E-state index >= 15 is 0 Å². The summed E-state index contributed by atoms with van der Waals surface area (Å²) in [5.41, 5.74) is 7.93. The average molecular weight is 292 g/mol. The smallest absolute Gasteiger partial charge is 0.134 e. The number of hydrogen-bond donors (Lipinski definition) is 1. The largest absolute Gasteiger partial charge is 0.459 e. The van der Waals surface area contributed by atoms with E-state index < -0.39 is 0 Å². The van der Waals surface area contributed by atoms with Gasteiger partial charge in [0.05, 0.1) is 6.04 Å². The predicted octanol–water partition coefficient (Wildman–Crippen LogP) is 4.79. The summed E-state index contributed by atoms with van der Waals surface area (Å²) < 4.78 is 5.75. The van der Waals surface area contributed by atoms with Crippen molar-refractivity contribution < 1.29 is 4.42 Å². The fourth-order valence-electron chi connectivity index (χ4n) is 2.02. The van der Waals surface area contributed by atoms with Gasteiger partial charge in [-0.2, -0.15) is 0 Å². The van der Waals surface area contributed by atoms with Crippen LogP contribution in [0.2, 0.25) is 10.0 Å². The number of rotatable bonds is 2. The maximum absolute atomic E-state index is 6.20. The quantitative estimate of drug-likeness (QED) is 0.737. The summed E-state index contributed by atoms with van der Waals surface area (Å²) in [7, 11) is 0. The van der Waals surface area contributed by atoms with Gasteiger partial charge in [-0.05, 0) is 42.0 Å². The van der Waals surface area contributed by atoms with Gasteiger partial charge in [-0.25, -0.2) is 0 Å². The first-order chi connectivity index (χ1) is 9.13. The summed E-state index contributed by atoms with van der Waals surface area (Å²) in [6.45, 7) is 0. The minimum atomic E-state index is -0.316. The number of halogens is 2. The summed E-state index contributed by atoms with van der Waals surface area (Å²) in [6.07, 6.45) is 0. The Morgan fingerprint density at radius 1 is 0.895 bits per heavy atom. The van der Waals surface area contributed by atoms with Crippen molar-refractivity contribution in [3.8, 4) is 0 Å². The Kier molecular flexibility index (Phi) is 3.23. The van der Waals surface area contributed by atoms with Crippen molar-refractivity contribution in [2.75, 3.05) is 0 Å². The molecule has 0 fully saturated rings. The van der Waals surface area contributed by atoms with E-state index in [0.29, 0.717) is 15.8 Å². The van der Waals surface area contributed by atoms with Gasteiger partial charge in [-0.3, -0.25) is 0 Å². The highest BCUT2D eigenvalue weighted by molar-refractivity contribution is 6.31. The van der Waals surface area contributed by atoms with E-state index in [0.717, 1.165) is 16.5 Å². The molecule has 3 rings (SSSR count). The third kappa shape index (κ3) is 2.47. The Hall–Kier alpha value is -1.48. The molecular weight excluding hydrogens is 281 g/mol. The van der Waals surface area contributed by atoms with E-state index in [2.05, 4.69) is 0 Å². The predicted molar refractivity (Wildman–Crippen MR) is 78.7 cm³/mol. The minimum absolute atomic E-state index is 0.316. The van der Waals surface area contributed by atoms with Crippen molar-refractivity contribution in [1.29, 1.82) is 0 Å². The molecule has 0 radical (unpaired) electrons. The second-order valence-corrected chi connectivity index (χ2v) is 5.23. The standard InChI is InChI=1S/C15H11Cl2NO/c16-11-3-1-9(2-4-11)15(18)14-8-10-7-12(17)5-6-13(10)19-14/h1-8,15H,18H2. The van der Waals surface area contributed by atoms with Crippen LogP contribution in [-0.2, 0) is 0 Å². The van der Waals surface area contributed by atoms with Crippen LogP contribution in [0, 0.1) is 0 Å². The Balaban J connectivity index is 2.01. The molecule has 0 saturated carbocycles. The van der Waals surface area contributed by atoms with Crippen LogP contribution in [0.3, 0.4) is 0 Å². The van der Waals surface area contributed by atoms with Gasteiger partial charge < -0.3 is 10.2 Å². The molecule has 1 aromatic heterocycles. The Bertz CT molecular complexity index is 719. The van der Waals surface area contributed by atoms with Crippen LogP contribution in [0.4, 0.5) is 0 Å². The van der Waals surface area contributed by atoms with Crippen molar-refractivity contribution in [2.24, 2.45) is 5.73 Å². The highest BCUT2D eigenvalue weighted by atomic mass is 35.5. The van der Waals surface area contributed by atoms with Crippen molar-refractivity contribution >= 4 is 34.2 Å². The molecule has 0 bridgehead atoms. The zero-order valence-electron chi connectivity index (χ0n) is 9.94. The number of nitrogens with two attached hydrogens (primary N) is 1. The molecule has 0 aliphatic rings. The molecule has 2 aromatic carbocycles. The molecule has 1 heterocycles. The van der Waals surface area contributed by atoms with Gasteiger partial charge in [0.25, 0.3) is 0 Å². The van der Waals surface area contributed by atoms with Gasteiger partial charge >= 0.3 is 0 Å². The molecule has 0 saturated heterocycles. The lowest BCUT2D eigenvalue weighted by molar-refractivity contribution is 0.525. The van der Waals surface area contributed by atoms with Gasteiger partial charge in [0.15, 0.2) is 0 Å². The third-order valence-electron chi connectivity index (χ3n) is 3.03. The van der Waals surface area contributed by atoms with Crippen LogP contribution in [-0.4, -0.2) is 0 Å². The molecule has 2 N–H and O–H groups in total. The fraction of sp³-hybridized carbons (Fsp3) is 0.0667. The zero-order chi connectivity index (χ0) is 13.4. The molecular formula is C15H11Cl2NO. The second kappa shape index (κ2) is 4.89. The molecule has 96 valence electrons. The monoisotopic (exact) mass is 291 g/mol. The molecule has 19 heavy (non-hydrogen) atoms. The average Bonchev–Trinajstić information content (AvgIpc) is 2.81. The Labute approximate surface area is 120 Å². The molecule has 0 amide bonds. The van der Waals surface area contributed by atoms with E-state index in [-0.39, 0.29) is 6.04 Å². The van der Waals surface area contributed by atoms with E-state index in [9.17, 15) is 0 Å². The van der Waals surface area contributed by atoms with E-state index in [1.807, 2.05) is 42.5 Å². The molecule has 1 atom stereocenters.